The molecule has 0 saturated carbocycles. The zero-order valence-electron chi connectivity index (χ0n) is 9.04. The van der Waals surface area contributed by atoms with Crippen LogP contribution >= 0.6 is 12.4 Å². The summed E-state index contributed by atoms with van der Waals surface area (Å²) in [5.74, 6) is 0.0561. The first-order chi connectivity index (χ1) is 7.51. The van der Waals surface area contributed by atoms with Crippen molar-refractivity contribution in [2.75, 3.05) is 5.73 Å². The zero-order valence-corrected chi connectivity index (χ0v) is 10.7. The number of nitrogen functional groups attached to an aromatic ring is 1. The third kappa shape index (κ3) is 2.42. The molecule has 17 heavy (non-hydrogen) atoms. The number of benzene rings is 1. The van der Waals surface area contributed by atoms with Crippen LogP contribution in [0.5, 0.6) is 0 Å². The Hall–Kier alpha value is -1.53. The number of hydrogen-bond donors (Lipinski definition) is 2. The normalized spacial score (nSPS) is 10.9. The summed E-state index contributed by atoms with van der Waals surface area (Å²) in [5.41, 5.74) is 6.50. The molecule has 3 N–H and O–H groups in total. The third-order valence-electron chi connectivity index (χ3n) is 2.25. The maximum atomic E-state index is 12.1. The molecule has 1 heterocycles. The van der Waals surface area contributed by atoms with Crippen LogP contribution in [0.15, 0.2) is 40.3 Å². The lowest BCUT2D eigenvalue weighted by Gasteiger charge is -2.02. The third-order valence-corrected chi connectivity index (χ3v) is 4.05. The van der Waals surface area contributed by atoms with Gasteiger partial charge >= 0.3 is 0 Å². The second-order valence-corrected chi connectivity index (χ2v) is 5.38. The van der Waals surface area contributed by atoms with Crippen molar-refractivity contribution < 1.29 is 8.42 Å². The van der Waals surface area contributed by atoms with Gasteiger partial charge in [0, 0.05) is 0 Å². The summed E-state index contributed by atoms with van der Waals surface area (Å²) in [6.07, 6.45) is 1.21. The smallest absolute Gasteiger partial charge is 0.211 e. The Morgan fingerprint density at radius 1 is 1.24 bits per heavy atom. The molecule has 0 aliphatic carbocycles. The van der Waals surface area contributed by atoms with E-state index in [2.05, 4.69) is 10.2 Å². The van der Waals surface area contributed by atoms with Gasteiger partial charge in [0.2, 0.25) is 9.84 Å². The second-order valence-electron chi connectivity index (χ2n) is 3.46. The molecule has 2 aromatic rings. The van der Waals surface area contributed by atoms with E-state index in [-0.39, 0.29) is 28.0 Å². The van der Waals surface area contributed by atoms with Crippen molar-refractivity contribution in [3.63, 3.8) is 0 Å². The molecule has 0 radical (unpaired) electrons. The first-order valence-electron chi connectivity index (χ1n) is 4.62. The molecular weight excluding hydrogens is 262 g/mol. The van der Waals surface area contributed by atoms with E-state index in [1.807, 2.05) is 6.92 Å². The highest BCUT2D eigenvalue weighted by Crippen LogP contribution is 2.23. The average molecular weight is 274 g/mol. The van der Waals surface area contributed by atoms with Crippen LogP contribution < -0.4 is 5.73 Å². The second kappa shape index (κ2) is 4.77. The average Bonchev–Trinajstić information content (AvgIpc) is 2.66. The number of aromatic amines is 1. The minimum atomic E-state index is -3.56. The standard InChI is InChI=1S/C10H11N3O2S.ClH/c1-7-2-4-8(5-3-7)16(14,15)9-6-12-13-10(9)11;/h2-6H,1H3,(H3,11,12,13);1H. The van der Waals surface area contributed by atoms with Gasteiger partial charge in [0.15, 0.2) is 0 Å². The Bertz CT molecular complexity index is 605. The number of rotatable bonds is 2. The number of nitrogens with one attached hydrogen (secondary N) is 1. The number of anilines is 1. The van der Waals surface area contributed by atoms with E-state index in [4.69, 9.17) is 5.73 Å². The highest BCUT2D eigenvalue weighted by atomic mass is 35.5. The quantitative estimate of drug-likeness (QED) is 0.869. The number of nitrogens with zero attached hydrogens (tertiary/aromatic N) is 1. The van der Waals surface area contributed by atoms with Gasteiger partial charge in [-0.25, -0.2) is 8.42 Å². The lowest BCUT2D eigenvalue weighted by molar-refractivity contribution is 0.596. The Kier molecular flexibility index (Phi) is 3.79. The maximum Gasteiger partial charge on any atom is 0.211 e. The number of halogens is 1. The topological polar surface area (TPSA) is 88.8 Å². The van der Waals surface area contributed by atoms with Crippen LogP contribution in [0, 0.1) is 6.92 Å². The minimum Gasteiger partial charge on any atom is -0.383 e. The molecule has 0 aliphatic rings. The molecule has 7 heteroatoms. The van der Waals surface area contributed by atoms with E-state index < -0.39 is 9.84 Å². The fraction of sp³-hybridized carbons (Fsp3) is 0.100. The number of nitrogens with two attached hydrogens (primary N) is 1. The fourth-order valence-corrected chi connectivity index (χ4v) is 2.62. The number of aromatic nitrogens is 2. The lowest BCUT2D eigenvalue weighted by atomic mass is 10.2. The largest absolute Gasteiger partial charge is 0.383 e. The number of aryl methyl sites for hydroxylation is 1. The van der Waals surface area contributed by atoms with Gasteiger partial charge in [0.1, 0.15) is 10.7 Å². The zero-order chi connectivity index (χ0) is 11.8. The molecule has 0 unspecified atom stereocenters. The molecule has 0 saturated heterocycles. The van der Waals surface area contributed by atoms with Crippen LogP contribution in [0.4, 0.5) is 5.82 Å². The minimum absolute atomic E-state index is 0. The summed E-state index contributed by atoms with van der Waals surface area (Å²) in [7, 11) is -3.56. The summed E-state index contributed by atoms with van der Waals surface area (Å²) in [6.45, 7) is 1.89. The van der Waals surface area contributed by atoms with Crippen LogP contribution in [-0.2, 0) is 9.84 Å². The van der Waals surface area contributed by atoms with Crippen molar-refractivity contribution in [2.45, 2.75) is 16.7 Å². The molecule has 0 amide bonds. The molecule has 5 nitrogen and oxygen atoms in total. The molecular formula is C10H12ClN3O2S. The summed E-state index contributed by atoms with van der Waals surface area (Å²) in [4.78, 5) is 0.225. The van der Waals surface area contributed by atoms with Crippen molar-refractivity contribution in [1.82, 2.24) is 10.2 Å². The van der Waals surface area contributed by atoms with E-state index in [9.17, 15) is 8.42 Å². The Morgan fingerprint density at radius 3 is 2.29 bits per heavy atom. The lowest BCUT2D eigenvalue weighted by Crippen LogP contribution is -2.03. The van der Waals surface area contributed by atoms with E-state index in [1.165, 1.54) is 6.20 Å². The Labute approximate surface area is 105 Å². The van der Waals surface area contributed by atoms with Crippen molar-refractivity contribution >= 4 is 28.1 Å². The van der Waals surface area contributed by atoms with Crippen molar-refractivity contribution in [2.24, 2.45) is 0 Å². The van der Waals surface area contributed by atoms with Gasteiger partial charge < -0.3 is 5.73 Å². The van der Waals surface area contributed by atoms with Gasteiger partial charge in [0.25, 0.3) is 0 Å². The molecule has 92 valence electrons. The van der Waals surface area contributed by atoms with Gasteiger partial charge in [-0.2, -0.15) is 5.10 Å². The SMILES string of the molecule is Cc1ccc(S(=O)(=O)c2cn[nH]c2N)cc1.Cl. The molecule has 0 bridgehead atoms. The van der Waals surface area contributed by atoms with E-state index in [0.29, 0.717) is 0 Å². The fourth-order valence-electron chi connectivity index (χ4n) is 1.34. The maximum absolute atomic E-state index is 12.1. The predicted molar refractivity (Wildman–Crippen MR) is 66.9 cm³/mol. The van der Waals surface area contributed by atoms with E-state index >= 15 is 0 Å². The van der Waals surface area contributed by atoms with Gasteiger partial charge in [-0.3, -0.25) is 5.10 Å². The monoisotopic (exact) mass is 273 g/mol. The van der Waals surface area contributed by atoms with E-state index in [1.54, 1.807) is 24.3 Å². The number of sulfone groups is 1. The Balaban J connectivity index is 0.00000144. The van der Waals surface area contributed by atoms with E-state index in [0.717, 1.165) is 5.56 Å². The van der Waals surface area contributed by atoms with Gasteiger partial charge in [-0.1, -0.05) is 17.7 Å². The van der Waals surface area contributed by atoms with Crippen LogP contribution in [-0.4, -0.2) is 18.6 Å². The molecule has 0 spiro atoms. The van der Waals surface area contributed by atoms with Crippen LogP contribution in [0.1, 0.15) is 5.56 Å². The molecule has 0 aliphatic heterocycles. The Morgan fingerprint density at radius 2 is 1.82 bits per heavy atom. The summed E-state index contributed by atoms with van der Waals surface area (Å²) < 4.78 is 24.2. The van der Waals surface area contributed by atoms with Crippen molar-refractivity contribution in [3.05, 3.63) is 36.0 Å². The highest BCUT2D eigenvalue weighted by molar-refractivity contribution is 7.91. The van der Waals surface area contributed by atoms with Crippen LogP contribution in [0.3, 0.4) is 0 Å². The van der Waals surface area contributed by atoms with Crippen LogP contribution in [0.2, 0.25) is 0 Å². The summed E-state index contributed by atoms with van der Waals surface area (Å²) in [5, 5.41) is 6.01. The van der Waals surface area contributed by atoms with Gasteiger partial charge in [-0.05, 0) is 19.1 Å². The first-order valence-corrected chi connectivity index (χ1v) is 6.11. The molecule has 1 aromatic carbocycles. The van der Waals surface area contributed by atoms with Crippen molar-refractivity contribution in [1.29, 1.82) is 0 Å². The summed E-state index contributed by atoms with van der Waals surface area (Å²) in [6, 6.07) is 6.58. The molecule has 0 fully saturated rings. The van der Waals surface area contributed by atoms with Crippen LogP contribution in [0.25, 0.3) is 0 Å². The molecule has 0 atom stereocenters. The molecule has 1 aromatic heterocycles. The first kappa shape index (κ1) is 13.5. The highest BCUT2D eigenvalue weighted by Gasteiger charge is 2.21. The van der Waals surface area contributed by atoms with Gasteiger partial charge in [0.05, 0.1) is 11.1 Å². The molecule has 2 rings (SSSR count). The van der Waals surface area contributed by atoms with Crippen molar-refractivity contribution in [3.8, 4) is 0 Å². The number of hydrogen-bond acceptors (Lipinski definition) is 4. The van der Waals surface area contributed by atoms with Gasteiger partial charge in [-0.15, -0.1) is 12.4 Å². The summed E-state index contributed by atoms with van der Waals surface area (Å²) >= 11 is 0. The predicted octanol–water partition coefficient (Wildman–Crippen LogP) is 1.55. The number of H-pyrrole nitrogens is 1.